The summed E-state index contributed by atoms with van der Waals surface area (Å²) in [6.45, 7) is 4.94. The Morgan fingerprint density at radius 3 is 3.04 bits per heavy atom. The summed E-state index contributed by atoms with van der Waals surface area (Å²) in [5.74, 6) is 2.68. The molecule has 0 radical (unpaired) electrons. The first-order valence-electron chi connectivity index (χ1n) is 7.62. The quantitative estimate of drug-likeness (QED) is 0.549. The van der Waals surface area contributed by atoms with E-state index < -0.39 is 0 Å². The molecule has 0 aliphatic heterocycles. The van der Waals surface area contributed by atoms with E-state index in [-0.39, 0.29) is 5.91 Å². The van der Waals surface area contributed by atoms with Crippen LogP contribution in [0, 0.1) is 0 Å². The molecule has 23 heavy (non-hydrogen) atoms. The standard InChI is InChI=1S/C16H20N4O2S/c1-3-8-20-15(12-6-7-12)17-18-16(20)23-11-14(21)19(2)10-13-5-4-9-22-13/h3-5,9,12H,1,6-8,10-11H2,2H3. The third-order valence-electron chi connectivity index (χ3n) is 3.72. The van der Waals surface area contributed by atoms with Crippen molar-refractivity contribution >= 4 is 17.7 Å². The summed E-state index contributed by atoms with van der Waals surface area (Å²) in [7, 11) is 1.77. The predicted molar refractivity (Wildman–Crippen MR) is 88.1 cm³/mol. The Balaban J connectivity index is 1.59. The van der Waals surface area contributed by atoms with Gasteiger partial charge in [0.15, 0.2) is 5.16 Å². The fourth-order valence-electron chi connectivity index (χ4n) is 2.31. The molecule has 0 spiro atoms. The maximum absolute atomic E-state index is 12.3. The van der Waals surface area contributed by atoms with E-state index >= 15 is 0 Å². The number of hydrogen-bond donors (Lipinski definition) is 0. The number of thioether (sulfide) groups is 1. The Morgan fingerprint density at radius 1 is 1.57 bits per heavy atom. The second-order valence-corrected chi connectivity index (χ2v) is 6.57. The number of carbonyl (C=O) groups is 1. The minimum Gasteiger partial charge on any atom is -0.467 e. The molecule has 6 nitrogen and oxygen atoms in total. The van der Waals surface area contributed by atoms with Crippen LogP contribution in [0.2, 0.25) is 0 Å². The Bertz CT molecular complexity index is 676. The highest BCUT2D eigenvalue weighted by molar-refractivity contribution is 7.99. The molecule has 7 heteroatoms. The van der Waals surface area contributed by atoms with Gasteiger partial charge in [0, 0.05) is 19.5 Å². The van der Waals surface area contributed by atoms with Crippen LogP contribution in [-0.2, 0) is 17.9 Å². The molecule has 1 aliphatic carbocycles. The zero-order chi connectivity index (χ0) is 16.2. The summed E-state index contributed by atoms with van der Waals surface area (Å²) in [4.78, 5) is 13.9. The molecule has 1 saturated carbocycles. The van der Waals surface area contributed by atoms with Gasteiger partial charge < -0.3 is 13.9 Å². The molecule has 3 rings (SSSR count). The number of nitrogens with zero attached hydrogens (tertiary/aromatic N) is 4. The number of aromatic nitrogens is 3. The largest absolute Gasteiger partial charge is 0.467 e. The third kappa shape index (κ3) is 3.85. The first-order chi connectivity index (χ1) is 11.2. The van der Waals surface area contributed by atoms with Gasteiger partial charge in [0.25, 0.3) is 0 Å². The van der Waals surface area contributed by atoms with E-state index in [4.69, 9.17) is 4.42 Å². The van der Waals surface area contributed by atoms with Gasteiger partial charge in [0.05, 0.1) is 18.6 Å². The van der Waals surface area contributed by atoms with Gasteiger partial charge in [-0.1, -0.05) is 17.8 Å². The van der Waals surface area contributed by atoms with E-state index in [1.165, 1.54) is 24.6 Å². The van der Waals surface area contributed by atoms with Crippen LogP contribution < -0.4 is 0 Å². The van der Waals surface area contributed by atoms with Crippen molar-refractivity contribution in [2.24, 2.45) is 0 Å². The SMILES string of the molecule is C=CCn1c(SCC(=O)N(C)Cc2ccco2)nnc1C1CC1. The number of carbonyl (C=O) groups excluding carboxylic acids is 1. The van der Waals surface area contributed by atoms with Gasteiger partial charge in [0.2, 0.25) is 5.91 Å². The van der Waals surface area contributed by atoms with Crippen molar-refractivity contribution in [1.29, 1.82) is 0 Å². The Labute approximate surface area is 139 Å². The van der Waals surface area contributed by atoms with E-state index in [0.717, 1.165) is 16.7 Å². The van der Waals surface area contributed by atoms with Gasteiger partial charge in [0.1, 0.15) is 11.6 Å². The molecule has 1 fully saturated rings. The molecule has 0 N–H and O–H groups in total. The molecule has 0 saturated heterocycles. The lowest BCUT2D eigenvalue weighted by Gasteiger charge is -2.15. The van der Waals surface area contributed by atoms with Crippen LogP contribution in [0.1, 0.15) is 30.3 Å². The van der Waals surface area contributed by atoms with E-state index in [2.05, 4.69) is 21.3 Å². The van der Waals surface area contributed by atoms with Crippen molar-refractivity contribution in [3.8, 4) is 0 Å². The van der Waals surface area contributed by atoms with Gasteiger partial charge in [-0.2, -0.15) is 0 Å². The highest BCUT2D eigenvalue weighted by Gasteiger charge is 2.30. The summed E-state index contributed by atoms with van der Waals surface area (Å²) < 4.78 is 7.33. The zero-order valence-electron chi connectivity index (χ0n) is 13.1. The number of allylic oxidation sites excluding steroid dienone is 1. The molecular weight excluding hydrogens is 312 g/mol. The van der Waals surface area contributed by atoms with Crippen LogP contribution in [0.3, 0.4) is 0 Å². The van der Waals surface area contributed by atoms with Crippen molar-refractivity contribution in [1.82, 2.24) is 19.7 Å². The second kappa shape index (κ2) is 7.04. The van der Waals surface area contributed by atoms with Gasteiger partial charge in [-0.25, -0.2) is 0 Å². The number of amides is 1. The molecule has 2 aromatic rings. The smallest absolute Gasteiger partial charge is 0.233 e. The van der Waals surface area contributed by atoms with E-state index in [0.29, 0.717) is 24.8 Å². The van der Waals surface area contributed by atoms with Crippen LogP contribution in [0.15, 0.2) is 40.6 Å². The molecule has 0 bridgehead atoms. The number of hydrogen-bond acceptors (Lipinski definition) is 5. The summed E-state index contributed by atoms with van der Waals surface area (Å²) in [5.41, 5.74) is 0. The van der Waals surface area contributed by atoms with E-state index in [1.807, 2.05) is 18.2 Å². The molecule has 2 aromatic heterocycles. The van der Waals surface area contributed by atoms with Crippen LogP contribution in [0.5, 0.6) is 0 Å². The van der Waals surface area contributed by atoms with Crippen molar-refractivity contribution in [3.63, 3.8) is 0 Å². The molecule has 1 aliphatic rings. The number of rotatable bonds is 8. The number of furan rings is 1. The molecule has 1 amide bonds. The topological polar surface area (TPSA) is 64.2 Å². The summed E-state index contributed by atoms with van der Waals surface area (Å²) in [6.07, 6.45) is 5.79. The van der Waals surface area contributed by atoms with Crippen LogP contribution in [0.25, 0.3) is 0 Å². The molecule has 122 valence electrons. The zero-order valence-corrected chi connectivity index (χ0v) is 14.0. The van der Waals surface area contributed by atoms with Gasteiger partial charge in [-0.3, -0.25) is 4.79 Å². The predicted octanol–water partition coefficient (Wildman–Crippen LogP) is 2.69. The molecule has 0 aromatic carbocycles. The first-order valence-corrected chi connectivity index (χ1v) is 8.60. The third-order valence-corrected chi connectivity index (χ3v) is 4.67. The average molecular weight is 332 g/mol. The lowest BCUT2D eigenvalue weighted by molar-refractivity contribution is -0.127. The molecular formula is C16H20N4O2S. The second-order valence-electron chi connectivity index (χ2n) is 5.63. The monoisotopic (exact) mass is 332 g/mol. The van der Waals surface area contributed by atoms with Gasteiger partial charge in [-0.15, -0.1) is 16.8 Å². The Hall–Kier alpha value is -2.02. The Kier molecular flexibility index (Phi) is 4.85. The fraction of sp³-hybridized carbons (Fsp3) is 0.438. The lowest BCUT2D eigenvalue weighted by Crippen LogP contribution is -2.27. The Morgan fingerprint density at radius 2 is 2.39 bits per heavy atom. The van der Waals surface area contributed by atoms with Crippen LogP contribution in [0.4, 0.5) is 0 Å². The van der Waals surface area contributed by atoms with E-state index in [1.54, 1.807) is 18.2 Å². The van der Waals surface area contributed by atoms with Gasteiger partial charge >= 0.3 is 0 Å². The summed E-state index contributed by atoms with van der Waals surface area (Å²) >= 11 is 1.42. The fourth-order valence-corrected chi connectivity index (χ4v) is 3.21. The molecule has 2 heterocycles. The van der Waals surface area contributed by atoms with Crippen molar-refractivity contribution in [2.45, 2.75) is 37.0 Å². The molecule has 0 atom stereocenters. The van der Waals surface area contributed by atoms with Gasteiger partial charge in [-0.05, 0) is 25.0 Å². The summed E-state index contributed by atoms with van der Waals surface area (Å²) in [5, 5.41) is 9.31. The van der Waals surface area contributed by atoms with Crippen molar-refractivity contribution in [2.75, 3.05) is 12.8 Å². The minimum atomic E-state index is 0.0347. The van der Waals surface area contributed by atoms with Crippen molar-refractivity contribution < 1.29 is 9.21 Å². The molecule has 0 unspecified atom stereocenters. The van der Waals surface area contributed by atoms with Crippen LogP contribution in [-0.4, -0.2) is 38.4 Å². The average Bonchev–Trinajstić information content (AvgIpc) is 3.11. The normalized spacial score (nSPS) is 14.0. The maximum atomic E-state index is 12.3. The van der Waals surface area contributed by atoms with Crippen molar-refractivity contribution in [3.05, 3.63) is 42.6 Å². The van der Waals surface area contributed by atoms with E-state index in [9.17, 15) is 4.79 Å². The maximum Gasteiger partial charge on any atom is 0.233 e. The highest BCUT2D eigenvalue weighted by atomic mass is 32.2. The lowest BCUT2D eigenvalue weighted by atomic mass is 10.4. The summed E-state index contributed by atoms with van der Waals surface area (Å²) in [6, 6.07) is 3.68. The highest BCUT2D eigenvalue weighted by Crippen LogP contribution is 2.40. The minimum absolute atomic E-state index is 0.0347. The van der Waals surface area contributed by atoms with Crippen LogP contribution >= 0.6 is 11.8 Å². The first kappa shape index (κ1) is 15.9.